The molecule has 1 fully saturated rings. The van der Waals surface area contributed by atoms with Crippen molar-refractivity contribution in [2.24, 2.45) is 5.92 Å². The second-order valence-corrected chi connectivity index (χ2v) is 3.27. The molecule has 0 amide bonds. The molecule has 0 bridgehead atoms. The third-order valence-corrected chi connectivity index (χ3v) is 2.18. The number of hydrogen-bond acceptors (Lipinski definition) is 2. The zero-order valence-corrected chi connectivity index (χ0v) is 8.52. The van der Waals surface area contributed by atoms with Gasteiger partial charge in [-0.1, -0.05) is 12.1 Å². The molecule has 0 atom stereocenters. The van der Waals surface area contributed by atoms with E-state index in [1.165, 1.54) is 6.07 Å². The lowest BCUT2D eigenvalue weighted by atomic mass is 10.1. The Hall–Kier alpha value is -0.800. The lowest BCUT2D eigenvalue weighted by molar-refractivity contribution is 0.193. The van der Waals surface area contributed by atoms with Gasteiger partial charge in [-0.15, -0.1) is 12.4 Å². The van der Waals surface area contributed by atoms with Crippen molar-refractivity contribution in [2.75, 3.05) is 19.7 Å². The standard InChI is InChI=1S/C10H12FNO.ClH/c11-9-3-1-2-4-10(9)13-7-8-5-12-6-8;/h1-4,8,12H,5-7H2;1H. The molecule has 0 saturated carbocycles. The molecule has 1 N–H and O–H groups in total. The van der Waals surface area contributed by atoms with Crippen LogP contribution in [0.1, 0.15) is 0 Å². The highest BCUT2D eigenvalue weighted by Crippen LogP contribution is 2.16. The van der Waals surface area contributed by atoms with E-state index in [9.17, 15) is 4.39 Å². The third-order valence-electron chi connectivity index (χ3n) is 2.18. The fraction of sp³-hybridized carbons (Fsp3) is 0.400. The Bertz CT molecular complexity index is 291. The van der Waals surface area contributed by atoms with Gasteiger partial charge in [0, 0.05) is 19.0 Å². The number of nitrogens with one attached hydrogen (secondary N) is 1. The molecule has 2 rings (SSSR count). The number of halogens is 2. The molecule has 0 aliphatic carbocycles. The number of ether oxygens (including phenoxy) is 1. The summed E-state index contributed by atoms with van der Waals surface area (Å²) in [6.07, 6.45) is 0. The molecule has 1 heterocycles. The number of rotatable bonds is 3. The van der Waals surface area contributed by atoms with E-state index in [-0.39, 0.29) is 18.2 Å². The van der Waals surface area contributed by atoms with Crippen LogP contribution in [0.5, 0.6) is 5.75 Å². The van der Waals surface area contributed by atoms with Crippen LogP contribution in [0.4, 0.5) is 4.39 Å². The zero-order chi connectivity index (χ0) is 9.10. The molecule has 0 unspecified atom stereocenters. The van der Waals surface area contributed by atoms with Gasteiger partial charge in [-0.25, -0.2) is 4.39 Å². The monoisotopic (exact) mass is 217 g/mol. The van der Waals surface area contributed by atoms with Crippen LogP contribution in [0.2, 0.25) is 0 Å². The Balaban J connectivity index is 0.000000980. The third kappa shape index (κ3) is 2.59. The molecule has 0 radical (unpaired) electrons. The average molecular weight is 218 g/mol. The molecule has 0 spiro atoms. The Morgan fingerprint density at radius 2 is 2.07 bits per heavy atom. The Morgan fingerprint density at radius 1 is 1.36 bits per heavy atom. The van der Waals surface area contributed by atoms with Crippen molar-refractivity contribution in [3.63, 3.8) is 0 Å². The largest absolute Gasteiger partial charge is 0.490 e. The summed E-state index contributed by atoms with van der Waals surface area (Å²) in [5, 5.41) is 3.14. The van der Waals surface area contributed by atoms with Crippen molar-refractivity contribution in [3.8, 4) is 5.75 Å². The summed E-state index contributed by atoms with van der Waals surface area (Å²) >= 11 is 0. The van der Waals surface area contributed by atoms with Crippen molar-refractivity contribution in [1.82, 2.24) is 5.32 Å². The molecule has 1 aliphatic rings. The summed E-state index contributed by atoms with van der Waals surface area (Å²) in [5.41, 5.74) is 0. The molecule has 2 nitrogen and oxygen atoms in total. The summed E-state index contributed by atoms with van der Waals surface area (Å²) in [5.74, 6) is 0.615. The molecule has 0 aromatic heterocycles. The van der Waals surface area contributed by atoms with E-state index in [0.29, 0.717) is 18.3 Å². The lowest BCUT2D eigenvalue weighted by Crippen LogP contribution is -2.45. The minimum absolute atomic E-state index is 0. The summed E-state index contributed by atoms with van der Waals surface area (Å²) in [6.45, 7) is 2.57. The minimum atomic E-state index is -0.283. The quantitative estimate of drug-likeness (QED) is 0.835. The Morgan fingerprint density at radius 3 is 2.64 bits per heavy atom. The number of hydrogen-bond donors (Lipinski definition) is 1. The van der Waals surface area contributed by atoms with Crippen LogP contribution in [0.25, 0.3) is 0 Å². The van der Waals surface area contributed by atoms with Gasteiger partial charge < -0.3 is 10.1 Å². The van der Waals surface area contributed by atoms with Gasteiger partial charge in [-0.2, -0.15) is 0 Å². The SMILES string of the molecule is Cl.Fc1ccccc1OCC1CNC1. The molecular weight excluding hydrogens is 205 g/mol. The highest BCUT2D eigenvalue weighted by Gasteiger charge is 2.17. The first-order valence-electron chi connectivity index (χ1n) is 4.44. The highest BCUT2D eigenvalue weighted by atomic mass is 35.5. The Labute approximate surface area is 88.9 Å². The van der Waals surface area contributed by atoms with Gasteiger partial charge in [-0.05, 0) is 12.1 Å². The first-order chi connectivity index (χ1) is 6.36. The van der Waals surface area contributed by atoms with Crippen molar-refractivity contribution in [3.05, 3.63) is 30.1 Å². The fourth-order valence-corrected chi connectivity index (χ4v) is 1.24. The topological polar surface area (TPSA) is 21.3 Å². The van der Waals surface area contributed by atoms with Crippen LogP contribution in [0, 0.1) is 11.7 Å². The predicted molar refractivity (Wildman–Crippen MR) is 55.5 cm³/mol. The maximum atomic E-state index is 13.0. The van der Waals surface area contributed by atoms with Gasteiger partial charge in [-0.3, -0.25) is 0 Å². The number of para-hydroxylation sites is 1. The average Bonchev–Trinajstić information content (AvgIpc) is 2.05. The summed E-state index contributed by atoms with van der Waals surface area (Å²) in [4.78, 5) is 0. The van der Waals surface area contributed by atoms with Gasteiger partial charge in [0.2, 0.25) is 0 Å². The minimum Gasteiger partial charge on any atom is -0.490 e. The maximum absolute atomic E-state index is 13.0. The van der Waals surface area contributed by atoms with E-state index >= 15 is 0 Å². The van der Waals surface area contributed by atoms with Crippen molar-refractivity contribution in [1.29, 1.82) is 0 Å². The maximum Gasteiger partial charge on any atom is 0.165 e. The van der Waals surface area contributed by atoms with Crippen LogP contribution in [0.15, 0.2) is 24.3 Å². The second-order valence-electron chi connectivity index (χ2n) is 3.27. The normalized spacial score (nSPS) is 15.5. The predicted octanol–water partition coefficient (Wildman–Crippen LogP) is 1.85. The molecular formula is C10H13ClFNO. The molecule has 1 aromatic rings. The van der Waals surface area contributed by atoms with Crippen LogP contribution >= 0.6 is 12.4 Å². The van der Waals surface area contributed by atoms with E-state index in [0.717, 1.165) is 13.1 Å². The van der Waals surface area contributed by atoms with Crippen molar-refractivity contribution in [2.45, 2.75) is 0 Å². The van der Waals surface area contributed by atoms with E-state index in [1.807, 2.05) is 0 Å². The summed E-state index contributed by atoms with van der Waals surface area (Å²) in [7, 11) is 0. The summed E-state index contributed by atoms with van der Waals surface area (Å²) < 4.78 is 18.3. The van der Waals surface area contributed by atoms with E-state index in [4.69, 9.17) is 4.74 Å². The van der Waals surface area contributed by atoms with E-state index in [2.05, 4.69) is 5.32 Å². The zero-order valence-electron chi connectivity index (χ0n) is 7.70. The van der Waals surface area contributed by atoms with Crippen LogP contribution in [-0.4, -0.2) is 19.7 Å². The number of benzene rings is 1. The first-order valence-corrected chi connectivity index (χ1v) is 4.44. The molecule has 4 heteroatoms. The smallest absolute Gasteiger partial charge is 0.165 e. The van der Waals surface area contributed by atoms with Gasteiger partial charge in [0.15, 0.2) is 11.6 Å². The van der Waals surface area contributed by atoms with Crippen molar-refractivity contribution < 1.29 is 9.13 Å². The van der Waals surface area contributed by atoms with E-state index < -0.39 is 0 Å². The van der Waals surface area contributed by atoms with Crippen LogP contribution in [-0.2, 0) is 0 Å². The van der Waals surface area contributed by atoms with Crippen LogP contribution in [0.3, 0.4) is 0 Å². The lowest BCUT2D eigenvalue weighted by Gasteiger charge is -2.26. The summed E-state index contributed by atoms with van der Waals surface area (Å²) in [6, 6.07) is 6.50. The first kappa shape index (κ1) is 11.3. The van der Waals surface area contributed by atoms with Gasteiger partial charge in [0.25, 0.3) is 0 Å². The second kappa shape index (κ2) is 5.17. The highest BCUT2D eigenvalue weighted by molar-refractivity contribution is 5.85. The molecule has 1 aromatic carbocycles. The fourth-order valence-electron chi connectivity index (χ4n) is 1.24. The van der Waals surface area contributed by atoms with Crippen LogP contribution < -0.4 is 10.1 Å². The molecule has 1 saturated heterocycles. The molecule has 1 aliphatic heterocycles. The van der Waals surface area contributed by atoms with Gasteiger partial charge in [0.05, 0.1) is 6.61 Å². The van der Waals surface area contributed by atoms with Gasteiger partial charge in [0.1, 0.15) is 0 Å². The van der Waals surface area contributed by atoms with Gasteiger partial charge >= 0.3 is 0 Å². The van der Waals surface area contributed by atoms with E-state index in [1.54, 1.807) is 18.2 Å². The molecule has 14 heavy (non-hydrogen) atoms. The van der Waals surface area contributed by atoms with Crippen molar-refractivity contribution >= 4 is 12.4 Å². The molecule has 78 valence electrons. The Kier molecular flexibility index (Phi) is 4.17.